The molecule has 1 aromatic carbocycles. The summed E-state index contributed by atoms with van der Waals surface area (Å²) < 4.78 is 32.9. The fourth-order valence-corrected chi connectivity index (χ4v) is 4.51. The molecule has 4 rings (SSSR count). The summed E-state index contributed by atoms with van der Waals surface area (Å²) in [6.45, 7) is 10.1. The Morgan fingerprint density at radius 2 is 2.03 bits per heavy atom. The monoisotopic (exact) mass is 407 g/mol. The lowest BCUT2D eigenvalue weighted by atomic mass is 9.84. The summed E-state index contributed by atoms with van der Waals surface area (Å²) in [4.78, 5) is 2.30. The van der Waals surface area contributed by atoms with Gasteiger partial charge in [0, 0.05) is 24.5 Å². The molecule has 0 amide bonds. The van der Waals surface area contributed by atoms with Crippen LogP contribution in [0.3, 0.4) is 0 Å². The second kappa shape index (κ2) is 7.40. The molecule has 1 saturated carbocycles. The molecule has 2 aliphatic heterocycles. The topological polar surface area (TPSA) is 51.2 Å². The molecule has 162 valence electrons. The average Bonchev–Trinajstić information content (AvgIpc) is 3.37. The number of methoxy groups -OCH3 is 1. The second-order valence-electron chi connectivity index (χ2n) is 10.2. The lowest BCUT2D eigenvalue weighted by molar-refractivity contribution is -0.149. The van der Waals surface area contributed by atoms with Crippen molar-refractivity contribution >= 4 is 0 Å². The van der Waals surface area contributed by atoms with Crippen LogP contribution in [0.4, 0.5) is 4.39 Å². The van der Waals surface area contributed by atoms with Crippen LogP contribution >= 0.6 is 0 Å². The van der Waals surface area contributed by atoms with Gasteiger partial charge >= 0.3 is 0 Å². The highest BCUT2D eigenvalue weighted by atomic mass is 19.1. The van der Waals surface area contributed by atoms with Crippen molar-refractivity contribution in [1.82, 2.24) is 4.90 Å². The summed E-state index contributed by atoms with van der Waals surface area (Å²) in [5.74, 6) is 0.374. The van der Waals surface area contributed by atoms with Crippen LogP contribution in [-0.4, -0.2) is 54.6 Å². The number of piperidine rings is 1. The van der Waals surface area contributed by atoms with E-state index in [1.165, 1.54) is 0 Å². The van der Waals surface area contributed by atoms with Crippen molar-refractivity contribution in [2.45, 2.75) is 77.2 Å². The number of ether oxygens (including phenoxy) is 3. The third kappa shape index (κ3) is 4.25. The standard InChI is InChI=1S/C23H34FNO4/c1-22(2,3)29-19-12-25-9-6-14-15(16(25)11-17(19)26)10-18(27-5)21(20(14)24)28-13-23(4)7-8-23/h10,16-17,19,26H,6-9,11-13H2,1-5H3/t16-,17-,19-/m1/s1. The number of aliphatic hydroxyl groups excluding tert-OH is 1. The largest absolute Gasteiger partial charge is 0.493 e. The van der Waals surface area contributed by atoms with Crippen LogP contribution in [-0.2, 0) is 11.2 Å². The summed E-state index contributed by atoms with van der Waals surface area (Å²) in [7, 11) is 1.55. The van der Waals surface area contributed by atoms with Gasteiger partial charge in [0.25, 0.3) is 0 Å². The minimum Gasteiger partial charge on any atom is -0.493 e. The van der Waals surface area contributed by atoms with E-state index >= 15 is 4.39 Å². The minimum absolute atomic E-state index is 0.0352. The van der Waals surface area contributed by atoms with Crippen LogP contribution in [0.2, 0.25) is 0 Å². The van der Waals surface area contributed by atoms with Crippen molar-refractivity contribution in [2.75, 3.05) is 26.8 Å². The SMILES string of the molecule is COc1cc2c(c(F)c1OCC1(C)CC1)CCN1C[C@@H](OC(C)(C)C)[C@H](O)C[C@H]21. The van der Waals surface area contributed by atoms with Crippen LogP contribution < -0.4 is 9.47 Å². The predicted molar refractivity (Wildman–Crippen MR) is 109 cm³/mol. The van der Waals surface area contributed by atoms with Gasteiger partial charge in [0.15, 0.2) is 17.3 Å². The van der Waals surface area contributed by atoms with Gasteiger partial charge in [-0.25, -0.2) is 4.39 Å². The maximum absolute atomic E-state index is 15.4. The van der Waals surface area contributed by atoms with E-state index in [1.54, 1.807) is 7.11 Å². The number of rotatable bonds is 5. The Balaban J connectivity index is 1.59. The molecular formula is C23H34FNO4. The third-order valence-corrected chi connectivity index (χ3v) is 6.47. The fraction of sp³-hybridized carbons (Fsp3) is 0.739. The number of nitrogens with zero attached hydrogens (tertiary/aromatic N) is 1. The third-order valence-electron chi connectivity index (χ3n) is 6.47. The number of aliphatic hydroxyl groups is 1. The minimum atomic E-state index is -0.582. The molecule has 5 nitrogen and oxygen atoms in total. The first kappa shape index (κ1) is 20.9. The smallest absolute Gasteiger partial charge is 0.197 e. The van der Waals surface area contributed by atoms with E-state index in [2.05, 4.69) is 11.8 Å². The molecule has 1 N–H and O–H groups in total. The van der Waals surface area contributed by atoms with Crippen molar-refractivity contribution in [3.05, 3.63) is 23.0 Å². The zero-order valence-electron chi connectivity index (χ0n) is 18.3. The van der Waals surface area contributed by atoms with Crippen LogP contribution in [0, 0.1) is 11.2 Å². The Kier molecular flexibility index (Phi) is 5.33. The molecule has 1 aliphatic carbocycles. The Morgan fingerprint density at radius 1 is 1.31 bits per heavy atom. The number of fused-ring (bicyclic) bond motifs is 3. The number of halogens is 1. The lowest BCUT2D eigenvalue weighted by Gasteiger charge is -2.47. The summed E-state index contributed by atoms with van der Waals surface area (Å²) in [6.07, 6.45) is 2.56. The normalized spacial score (nSPS) is 28.4. The maximum atomic E-state index is 15.4. The zero-order valence-corrected chi connectivity index (χ0v) is 18.3. The highest BCUT2D eigenvalue weighted by Gasteiger charge is 2.42. The molecule has 1 saturated heterocycles. The van der Waals surface area contributed by atoms with Gasteiger partial charge in [-0.15, -0.1) is 0 Å². The summed E-state index contributed by atoms with van der Waals surface area (Å²) >= 11 is 0. The molecule has 6 heteroatoms. The summed E-state index contributed by atoms with van der Waals surface area (Å²) in [6, 6.07) is 1.88. The second-order valence-corrected chi connectivity index (χ2v) is 10.2. The molecule has 1 aromatic rings. The number of benzene rings is 1. The molecule has 29 heavy (non-hydrogen) atoms. The molecule has 0 spiro atoms. The predicted octanol–water partition coefficient (Wildman–Crippen LogP) is 3.86. The van der Waals surface area contributed by atoms with Gasteiger partial charge in [-0.1, -0.05) is 6.92 Å². The van der Waals surface area contributed by atoms with Crippen molar-refractivity contribution in [3.8, 4) is 11.5 Å². The first-order valence-electron chi connectivity index (χ1n) is 10.7. The Labute approximate surface area is 173 Å². The van der Waals surface area contributed by atoms with Crippen molar-refractivity contribution in [1.29, 1.82) is 0 Å². The quantitative estimate of drug-likeness (QED) is 0.803. The lowest BCUT2D eigenvalue weighted by Crippen LogP contribution is -2.53. The van der Waals surface area contributed by atoms with Gasteiger partial charge in [0.1, 0.15) is 0 Å². The van der Waals surface area contributed by atoms with E-state index in [9.17, 15) is 5.11 Å². The van der Waals surface area contributed by atoms with E-state index in [1.807, 2.05) is 26.8 Å². The van der Waals surface area contributed by atoms with E-state index in [4.69, 9.17) is 14.2 Å². The highest BCUT2D eigenvalue weighted by Crippen LogP contribution is 2.48. The van der Waals surface area contributed by atoms with Gasteiger partial charge in [-0.3, -0.25) is 4.90 Å². The number of hydrogen-bond donors (Lipinski definition) is 1. The molecule has 0 bridgehead atoms. The molecule has 0 radical (unpaired) electrons. The molecule has 3 aliphatic rings. The van der Waals surface area contributed by atoms with Crippen molar-refractivity contribution < 1.29 is 23.7 Å². The van der Waals surface area contributed by atoms with Crippen LogP contribution in [0.15, 0.2) is 6.07 Å². The van der Waals surface area contributed by atoms with Gasteiger partial charge in [-0.05, 0) is 63.6 Å². The van der Waals surface area contributed by atoms with Crippen molar-refractivity contribution in [3.63, 3.8) is 0 Å². The van der Waals surface area contributed by atoms with Gasteiger partial charge < -0.3 is 19.3 Å². The Bertz CT molecular complexity index is 771. The first-order chi connectivity index (χ1) is 13.6. The van der Waals surface area contributed by atoms with Crippen LogP contribution in [0.1, 0.15) is 64.1 Å². The van der Waals surface area contributed by atoms with Crippen LogP contribution in [0.25, 0.3) is 0 Å². The Morgan fingerprint density at radius 3 is 2.66 bits per heavy atom. The van der Waals surface area contributed by atoms with E-state index in [0.29, 0.717) is 37.3 Å². The molecule has 2 fully saturated rings. The fourth-order valence-electron chi connectivity index (χ4n) is 4.51. The van der Waals surface area contributed by atoms with Gasteiger partial charge in [-0.2, -0.15) is 0 Å². The van der Waals surface area contributed by atoms with Gasteiger partial charge in [0.2, 0.25) is 0 Å². The molecule has 2 heterocycles. The first-order valence-corrected chi connectivity index (χ1v) is 10.7. The average molecular weight is 408 g/mol. The molecular weight excluding hydrogens is 373 g/mol. The van der Waals surface area contributed by atoms with Crippen molar-refractivity contribution in [2.24, 2.45) is 5.41 Å². The van der Waals surface area contributed by atoms with Gasteiger partial charge in [0.05, 0.1) is 31.5 Å². The summed E-state index contributed by atoms with van der Waals surface area (Å²) in [5, 5.41) is 10.7. The Hall–Kier alpha value is -1.37. The maximum Gasteiger partial charge on any atom is 0.197 e. The summed E-state index contributed by atoms with van der Waals surface area (Å²) in [5.41, 5.74) is 1.46. The molecule has 3 atom stereocenters. The van der Waals surface area contributed by atoms with E-state index in [0.717, 1.165) is 24.9 Å². The molecule has 0 unspecified atom stereocenters. The van der Waals surface area contributed by atoms with E-state index in [-0.39, 0.29) is 34.7 Å². The molecule has 0 aromatic heterocycles. The number of hydrogen-bond acceptors (Lipinski definition) is 5. The highest BCUT2D eigenvalue weighted by molar-refractivity contribution is 5.51. The van der Waals surface area contributed by atoms with Crippen LogP contribution in [0.5, 0.6) is 11.5 Å². The van der Waals surface area contributed by atoms with E-state index < -0.39 is 6.10 Å². The zero-order chi connectivity index (χ0) is 21.0.